The molecule has 18 heavy (non-hydrogen) atoms. The highest BCUT2D eigenvalue weighted by Crippen LogP contribution is 1.75. The van der Waals surface area contributed by atoms with Crippen LogP contribution in [0, 0.1) is 0 Å². The molecule has 0 atom stereocenters. The number of methoxy groups -OCH3 is 1. The third-order valence-electron chi connectivity index (χ3n) is 1.74. The first-order valence-corrected chi connectivity index (χ1v) is 5.53. The number of carbonyl (C=O) groups excluding carboxylic acids is 3. The molecule has 3 amide bonds. The van der Waals surface area contributed by atoms with E-state index in [1.165, 1.54) is 7.11 Å². The maximum Gasteiger partial charge on any atom is 0.325 e. The summed E-state index contributed by atoms with van der Waals surface area (Å²) in [6.45, 7) is 2.30. The van der Waals surface area contributed by atoms with Crippen LogP contribution in [0.4, 0.5) is 4.79 Å². The molecule has 0 aliphatic carbocycles. The van der Waals surface area contributed by atoms with Crippen LogP contribution in [0.2, 0.25) is 0 Å². The number of nitrogens with one attached hydrogen (secondary N) is 3. The highest BCUT2D eigenvalue weighted by atomic mass is 16.5. The molecule has 104 valence electrons. The third kappa shape index (κ3) is 9.40. The van der Waals surface area contributed by atoms with Gasteiger partial charge in [0.1, 0.15) is 6.54 Å². The fourth-order valence-electron chi connectivity index (χ4n) is 0.943. The molecule has 0 heterocycles. The van der Waals surface area contributed by atoms with E-state index >= 15 is 0 Å². The van der Waals surface area contributed by atoms with Crippen LogP contribution in [0.25, 0.3) is 0 Å². The monoisotopic (exact) mass is 261 g/mol. The summed E-state index contributed by atoms with van der Waals surface area (Å²) in [4.78, 5) is 33.2. The van der Waals surface area contributed by atoms with E-state index in [0.29, 0.717) is 13.2 Å². The van der Waals surface area contributed by atoms with Gasteiger partial charge in [-0.05, 0) is 6.92 Å². The Morgan fingerprint density at radius 1 is 1.06 bits per heavy atom. The van der Waals surface area contributed by atoms with E-state index in [-0.39, 0.29) is 25.6 Å². The van der Waals surface area contributed by atoms with Gasteiger partial charge in [0.15, 0.2) is 0 Å². The van der Waals surface area contributed by atoms with Crippen molar-refractivity contribution in [2.45, 2.75) is 6.92 Å². The minimum absolute atomic E-state index is 0.168. The lowest BCUT2D eigenvalue weighted by atomic mass is 10.5. The second-order valence-corrected chi connectivity index (χ2v) is 3.18. The van der Waals surface area contributed by atoms with Gasteiger partial charge in [0, 0.05) is 13.7 Å². The standard InChI is InChI=1S/C10H19N3O5/c1-3-18-9(15)7-13-10(16)12-6-8(14)11-4-5-17-2/h3-7H2,1-2H3,(H,11,14)(H2,12,13,16). The summed E-state index contributed by atoms with van der Waals surface area (Å²) < 4.78 is 9.35. The van der Waals surface area contributed by atoms with E-state index in [2.05, 4.69) is 20.7 Å². The minimum atomic E-state index is -0.607. The summed E-state index contributed by atoms with van der Waals surface area (Å²) in [6.07, 6.45) is 0. The summed E-state index contributed by atoms with van der Waals surface area (Å²) in [5, 5.41) is 7.08. The van der Waals surface area contributed by atoms with Gasteiger partial charge in [-0.3, -0.25) is 9.59 Å². The average molecular weight is 261 g/mol. The van der Waals surface area contributed by atoms with Crippen molar-refractivity contribution >= 4 is 17.9 Å². The van der Waals surface area contributed by atoms with Crippen LogP contribution in [0.3, 0.4) is 0 Å². The normalized spacial score (nSPS) is 9.44. The summed E-state index contributed by atoms with van der Waals surface area (Å²) in [5.74, 6) is -0.865. The molecule has 8 nitrogen and oxygen atoms in total. The summed E-state index contributed by atoms with van der Waals surface area (Å²) >= 11 is 0. The number of esters is 1. The molecule has 0 aromatic heterocycles. The second kappa shape index (κ2) is 10.3. The van der Waals surface area contributed by atoms with Crippen molar-refractivity contribution in [2.24, 2.45) is 0 Å². The van der Waals surface area contributed by atoms with Gasteiger partial charge in [0.2, 0.25) is 5.91 Å². The third-order valence-corrected chi connectivity index (χ3v) is 1.74. The number of amides is 3. The lowest BCUT2D eigenvalue weighted by molar-refractivity contribution is -0.141. The molecule has 0 aliphatic heterocycles. The van der Waals surface area contributed by atoms with E-state index in [1.54, 1.807) is 6.92 Å². The van der Waals surface area contributed by atoms with Crippen LogP contribution >= 0.6 is 0 Å². The Morgan fingerprint density at radius 3 is 2.33 bits per heavy atom. The van der Waals surface area contributed by atoms with Gasteiger partial charge in [-0.15, -0.1) is 0 Å². The molecule has 3 N–H and O–H groups in total. The van der Waals surface area contributed by atoms with Crippen molar-refractivity contribution in [1.82, 2.24) is 16.0 Å². The van der Waals surface area contributed by atoms with Crippen LogP contribution in [0.5, 0.6) is 0 Å². The summed E-state index contributed by atoms with van der Waals surface area (Å²) in [5.41, 5.74) is 0. The molecule has 0 aromatic rings. The minimum Gasteiger partial charge on any atom is -0.465 e. The van der Waals surface area contributed by atoms with Crippen molar-refractivity contribution in [3.63, 3.8) is 0 Å². The van der Waals surface area contributed by atoms with Crippen molar-refractivity contribution in [3.05, 3.63) is 0 Å². The SMILES string of the molecule is CCOC(=O)CNC(=O)NCC(=O)NCCOC. The molecule has 0 rings (SSSR count). The fourth-order valence-corrected chi connectivity index (χ4v) is 0.943. The van der Waals surface area contributed by atoms with E-state index in [0.717, 1.165) is 0 Å². The second-order valence-electron chi connectivity index (χ2n) is 3.18. The van der Waals surface area contributed by atoms with Crippen molar-refractivity contribution in [1.29, 1.82) is 0 Å². The Balaban J connectivity index is 3.57. The molecule has 0 aromatic carbocycles. The lowest BCUT2D eigenvalue weighted by Gasteiger charge is -2.07. The number of hydrogen-bond donors (Lipinski definition) is 3. The van der Waals surface area contributed by atoms with Crippen molar-refractivity contribution < 1.29 is 23.9 Å². The number of hydrogen-bond acceptors (Lipinski definition) is 5. The Kier molecular flexibility index (Phi) is 9.28. The first-order valence-electron chi connectivity index (χ1n) is 5.53. The Hall–Kier alpha value is -1.83. The summed E-state index contributed by atoms with van der Waals surface area (Å²) in [7, 11) is 1.52. The molecule has 0 saturated carbocycles. The van der Waals surface area contributed by atoms with Crippen LogP contribution < -0.4 is 16.0 Å². The maximum absolute atomic E-state index is 11.2. The smallest absolute Gasteiger partial charge is 0.325 e. The fraction of sp³-hybridized carbons (Fsp3) is 0.700. The molecule has 0 radical (unpaired) electrons. The quantitative estimate of drug-likeness (QED) is 0.368. The molecular weight excluding hydrogens is 242 g/mol. The van der Waals surface area contributed by atoms with Crippen LogP contribution in [-0.2, 0) is 19.1 Å². The van der Waals surface area contributed by atoms with Crippen LogP contribution in [0.15, 0.2) is 0 Å². The zero-order valence-corrected chi connectivity index (χ0v) is 10.6. The molecular formula is C10H19N3O5. The zero-order chi connectivity index (χ0) is 13.8. The van der Waals surface area contributed by atoms with Crippen LogP contribution in [-0.4, -0.2) is 57.9 Å². The maximum atomic E-state index is 11.2. The highest BCUT2D eigenvalue weighted by molar-refractivity contribution is 5.85. The molecule has 0 unspecified atom stereocenters. The number of urea groups is 1. The van der Waals surface area contributed by atoms with E-state index in [1.807, 2.05) is 0 Å². The Bertz CT molecular complexity index is 283. The molecule has 0 spiro atoms. The van der Waals surface area contributed by atoms with Crippen molar-refractivity contribution in [3.8, 4) is 0 Å². The Morgan fingerprint density at radius 2 is 1.72 bits per heavy atom. The molecule has 0 bridgehead atoms. The van der Waals surface area contributed by atoms with Gasteiger partial charge in [-0.1, -0.05) is 0 Å². The average Bonchev–Trinajstić information content (AvgIpc) is 2.34. The lowest BCUT2D eigenvalue weighted by Crippen LogP contribution is -2.44. The van der Waals surface area contributed by atoms with Crippen LogP contribution in [0.1, 0.15) is 6.92 Å². The van der Waals surface area contributed by atoms with Gasteiger partial charge in [-0.25, -0.2) is 4.79 Å². The van der Waals surface area contributed by atoms with Gasteiger partial charge in [0.25, 0.3) is 0 Å². The van der Waals surface area contributed by atoms with Gasteiger partial charge in [0.05, 0.1) is 19.8 Å². The molecule has 0 fully saturated rings. The number of carbonyl (C=O) groups is 3. The molecule has 0 saturated heterocycles. The first kappa shape index (κ1) is 16.2. The Labute approximate surface area is 105 Å². The van der Waals surface area contributed by atoms with E-state index in [9.17, 15) is 14.4 Å². The zero-order valence-electron chi connectivity index (χ0n) is 10.6. The summed E-state index contributed by atoms with van der Waals surface area (Å²) in [6, 6.07) is -0.607. The molecule has 8 heteroatoms. The van der Waals surface area contributed by atoms with Gasteiger partial charge in [-0.2, -0.15) is 0 Å². The van der Waals surface area contributed by atoms with Crippen molar-refractivity contribution in [2.75, 3.05) is 40.0 Å². The van der Waals surface area contributed by atoms with Gasteiger partial charge >= 0.3 is 12.0 Å². The predicted molar refractivity (Wildman–Crippen MR) is 62.9 cm³/mol. The van der Waals surface area contributed by atoms with Gasteiger partial charge < -0.3 is 25.4 Å². The van der Waals surface area contributed by atoms with E-state index < -0.39 is 12.0 Å². The first-order chi connectivity index (χ1) is 8.60. The highest BCUT2D eigenvalue weighted by Gasteiger charge is 2.07. The molecule has 0 aliphatic rings. The topological polar surface area (TPSA) is 106 Å². The number of rotatable bonds is 8. The number of ether oxygens (including phenoxy) is 2. The predicted octanol–water partition coefficient (Wildman–Crippen LogP) is -1.39. The largest absolute Gasteiger partial charge is 0.465 e. The van der Waals surface area contributed by atoms with E-state index in [4.69, 9.17) is 4.74 Å².